The smallest absolute Gasteiger partial charge is 0.246 e. The lowest BCUT2D eigenvalue weighted by molar-refractivity contribution is -0.127. The van der Waals surface area contributed by atoms with Gasteiger partial charge in [0.25, 0.3) is 0 Å². The predicted molar refractivity (Wildman–Crippen MR) is 95.0 cm³/mol. The molecule has 5 nitrogen and oxygen atoms in total. The molecule has 2 aromatic rings. The number of piperazine rings is 1. The van der Waals surface area contributed by atoms with Crippen LogP contribution in [-0.4, -0.2) is 57.8 Å². The first-order valence-corrected chi connectivity index (χ1v) is 9.10. The largest absolute Gasteiger partial charge is 0.337 e. The van der Waals surface area contributed by atoms with Crippen molar-refractivity contribution >= 4 is 39.9 Å². The number of hydrogen-bond acceptors (Lipinski definition) is 4. The van der Waals surface area contributed by atoms with E-state index >= 15 is 0 Å². The number of imidazole rings is 1. The van der Waals surface area contributed by atoms with Gasteiger partial charge >= 0.3 is 0 Å². The maximum atomic E-state index is 12.4. The van der Waals surface area contributed by atoms with Crippen LogP contribution in [0.15, 0.2) is 17.7 Å². The molecule has 23 heavy (non-hydrogen) atoms. The van der Waals surface area contributed by atoms with E-state index in [-0.39, 0.29) is 5.91 Å². The van der Waals surface area contributed by atoms with Crippen LogP contribution in [0.2, 0.25) is 5.15 Å². The van der Waals surface area contributed by atoms with Gasteiger partial charge in [-0.1, -0.05) is 25.4 Å². The van der Waals surface area contributed by atoms with Gasteiger partial charge in [-0.2, -0.15) is 0 Å². The average Bonchev–Trinajstić information content (AvgIpc) is 3.06. The Kier molecular flexibility index (Phi) is 5.04. The van der Waals surface area contributed by atoms with Gasteiger partial charge in [0.1, 0.15) is 0 Å². The number of carbonyl (C=O) groups excluding carboxylic acids is 1. The first-order valence-electron chi connectivity index (χ1n) is 7.85. The number of carbonyl (C=O) groups is 1. The number of amides is 1. The lowest BCUT2D eigenvalue weighted by Gasteiger charge is -2.35. The van der Waals surface area contributed by atoms with E-state index in [9.17, 15) is 4.79 Å². The summed E-state index contributed by atoms with van der Waals surface area (Å²) < 4.78 is 1.90. The molecule has 3 heterocycles. The van der Waals surface area contributed by atoms with Gasteiger partial charge in [0.2, 0.25) is 5.91 Å². The van der Waals surface area contributed by atoms with E-state index < -0.39 is 0 Å². The van der Waals surface area contributed by atoms with Gasteiger partial charge in [0.15, 0.2) is 10.1 Å². The van der Waals surface area contributed by atoms with Crippen LogP contribution in [-0.2, 0) is 4.79 Å². The molecule has 1 fully saturated rings. The van der Waals surface area contributed by atoms with Crippen LogP contribution in [0, 0.1) is 5.92 Å². The summed E-state index contributed by atoms with van der Waals surface area (Å²) in [7, 11) is 0. The quantitative estimate of drug-likeness (QED) is 0.794. The van der Waals surface area contributed by atoms with Crippen LogP contribution in [0.1, 0.15) is 19.5 Å². The SMILES string of the molecule is CC(C)CN1CCN(C(=O)C=Cc2c(Cl)nc3sccn23)CC1. The Balaban J connectivity index is 1.61. The third-order valence-electron chi connectivity index (χ3n) is 3.95. The third-order valence-corrected chi connectivity index (χ3v) is 4.98. The van der Waals surface area contributed by atoms with Crippen LogP contribution in [0.4, 0.5) is 0 Å². The molecule has 1 aliphatic heterocycles. The summed E-state index contributed by atoms with van der Waals surface area (Å²) >= 11 is 7.66. The van der Waals surface area contributed by atoms with Gasteiger partial charge in [-0.15, -0.1) is 11.3 Å². The molecule has 1 aliphatic rings. The second kappa shape index (κ2) is 7.03. The summed E-state index contributed by atoms with van der Waals surface area (Å²) in [5.41, 5.74) is 0.759. The van der Waals surface area contributed by atoms with E-state index in [0.29, 0.717) is 11.1 Å². The summed E-state index contributed by atoms with van der Waals surface area (Å²) in [6, 6.07) is 0. The zero-order valence-electron chi connectivity index (χ0n) is 13.4. The van der Waals surface area contributed by atoms with Crippen molar-refractivity contribution < 1.29 is 4.79 Å². The number of hydrogen-bond donors (Lipinski definition) is 0. The molecule has 0 aromatic carbocycles. The summed E-state index contributed by atoms with van der Waals surface area (Å²) in [6.07, 6.45) is 5.27. The topological polar surface area (TPSA) is 40.8 Å². The van der Waals surface area contributed by atoms with E-state index in [0.717, 1.165) is 43.4 Å². The van der Waals surface area contributed by atoms with Crippen molar-refractivity contribution in [1.29, 1.82) is 0 Å². The molecule has 0 saturated carbocycles. The molecule has 0 N–H and O–H groups in total. The fourth-order valence-electron chi connectivity index (χ4n) is 2.85. The number of rotatable bonds is 4. The molecular formula is C16H21ClN4OS. The van der Waals surface area contributed by atoms with Gasteiger partial charge in [-0.25, -0.2) is 4.98 Å². The number of nitrogens with zero attached hydrogens (tertiary/aromatic N) is 4. The van der Waals surface area contributed by atoms with Gasteiger partial charge in [-0.05, 0) is 12.0 Å². The van der Waals surface area contributed by atoms with Crippen molar-refractivity contribution in [2.75, 3.05) is 32.7 Å². The number of thiazole rings is 1. The van der Waals surface area contributed by atoms with Crippen molar-refractivity contribution in [2.24, 2.45) is 5.92 Å². The minimum atomic E-state index is 0.0374. The molecule has 0 radical (unpaired) electrons. The third kappa shape index (κ3) is 3.76. The van der Waals surface area contributed by atoms with Crippen LogP contribution in [0.25, 0.3) is 11.0 Å². The first kappa shape index (κ1) is 16.5. The highest BCUT2D eigenvalue weighted by Gasteiger charge is 2.20. The molecule has 7 heteroatoms. The van der Waals surface area contributed by atoms with Crippen LogP contribution < -0.4 is 0 Å². The molecular weight excluding hydrogens is 332 g/mol. The van der Waals surface area contributed by atoms with Crippen molar-refractivity contribution in [1.82, 2.24) is 19.2 Å². The highest BCUT2D eigenvalue weighted by molar-refractivity contribution is 7.15. The first-order chi connectivity index (χ1) is 11.0. The van der Waals surface area contributed by atoms with Crippen LogP contribution in [0.5, 0.6) is 0 Å². The van der Waals surface area contributed by atoms with Crippen molar-refractivity contribution in [3.05, 3.63) is 28.5 Å². The molecule has 1 amide bonds. The Hall–Kier alpha value is -1.37. The van der Waals surface area contributed by atoms with Crippen LogP contribution in [0.3, 0.4) is 0 Å². The molecule has 0 bridgehead atoms. The second-order valence-corrected chi connectivity index (χ2v) is 7.43. The molecule has 124 valence electrons. The monoisotopic (exact) mass is 352 g/mol. The molecule has 0 atom stereocenters. The fourth-order valence-corrected chi connectivity index (χ4v) is 3.85. The Bertz CT molecular complexity index is 713. The molecule has 0 unspecified atom stereocenters. The predicted octanol–water partition coefficient (Wildman–Crippen LogP) is 2.86. The highest BCUT2D eigenvalue weighted by Crippen LogP contribution is 2.22. The Morgan fingerprint density at radius 2 is 2.13 bits per heavy atom. The van der Waals surface area contributed by atoms with E-state index in [2.05, 4.69) is 23.7 Å². The molecule has 0 aliphatic carbocycles. The van der Waals surface area contributed by atoms with Crippen molar-refractivity contribution in [3.63, 3.8) is 0 Å². The summed E-state index contributed by atoms with van der Waals surface area (Å²) in [4.78, 5) is 21.8. The number of fused-ring (bicyclic) bond motifs is 1. The lowest BCUT2D eigenvalue weighted by atomic mass is 10.2. The van der Waals surface area contributed by atoms with Gasteiger partial charge in [-0.3, -0.25) is 14.1 Å². The maximum Gasteiger partial charge on any atom is 0.246 e. The summed E-state index contributed by atoms with van der Waals surface area (Å²) in [5.74, 6) is 0.699. The van der Waals surface area contributed by atoms with Crippen molar-refractivity contribution in [3.8, 4) is 0 Å². The van der Waals surface area contributed by atoms with E-state index in [1.54, 1.807) is 12.2 Å². The molecule has 0 spiro atoms. The fraction of sp³-hybridized carbons (Fsp3) is 0.500. The minimum absolute atomic E-state index is 0.0374. The second-order valence-electron chi connectivity index (χ2n) is 6.20. The maximum absolute atomic E-state index is 12.4. The van der Waals surface area contributed by atoms with Gasteiger partial charge in [0.05, 0.1) is 5.69 Å². The average molecular weight is 353 g/mol. The lowest BCUT2D eigenvalue weighted by Crippen LogP contribution is -2.49. The Morgan fingerprint density at radius 1 is 1.39 bits per heavy atom. The zero-order chi connectivity index (χ0) is 16.4. The normalized spacial score (nSPS) is 17.0. The highest BCUT2D eigenvalue weighted by atomic mass is 35.5. The minimum Gasteiger partial charge on any atom is -0.337 e. The summed E-state index contributed by atoms with van der Waals surface area (Å²) in [5, 5.41) is 2.38. The van der Waals surface area contributed by atoms with Gasteiger partial charge < -0.3 is 4.90 Å². The van der Waals surface area contributed by atoms with Crippen molar-refractivity contribution in [2.45, 2.75) is 13.8 Å². The summed E-state index contributed by atoms with van der Waals surface area (Å²) in [6.45, 7) is 8.99. The molecule has 2 aromatic heterocycles. The number of aromatic nitrogens is 2. The Labute approximate surface area is 145 Å². The van der Waals surface area contributed by atoms with Gasteiger partial charge in [0, 0.05) is 50.4 Å². The van der Waals surface area contributed by atoms with Crippen LogP contribution >= 0.6 is 22.9 Å². The van der Waals surface area contributed by atoms with E-state index in [1.807, 2.05) is 20.9 Å². The zero-order valence-corrected chi connectivity index (χ0v) is 15.0. The molecule has 3 rings (SSSR count). The number of halogens is 1. The molecule has 1 saturated heterocycles. The van der Waals surface area contributed by atoms with E-state index in [1.165, 1.54) is 11.3 Å². The standard InChI is InChI=1S/C16H21ClN4OS/c1-12(2)11-19-5-7-20(8-6-19)14(22)4-3-13-15(17)18-16-21(13)9-10-23-16/h3-4,9-10,12H,5-8,11H2,1-2H3. The Morgan fingerprint density at radius 3 is 2.83 bits per heavy atom. The van der Waals surface area contributed by atoms with E-state index in [4.69, 9.17) is 11.6 Å².